The smallest absolute Gasteiger partial charge is 0.328 e. The third-order valence-corrected chi connectivity index (χ3v) is 2.31. The molecule has 0 aliphatic heterocycles. The summed E-state index contributed by atoms with van der Waals surface area (Å²) in [5, 5.41) is 8.56. The van der Waals surface area contributed by atoms with Gasteiger partial charge in [-0.15, -0.1) is 0 Å². The second-order valence-electron chi connectivity index (χ2n) is 3.75. The van der Waals surface area contributed by atoms with Gasteiger partial charge in [0.1, 0.15) is 18.2 Å². The van der Waals surface area contributed by atoms with Crippen LogP contribution in [-0.2, 0) is 4.79 Å². The first-order chi connectivity index (χ1) is 8.52. The number of carboxylic acids is 1. The monoisotopic (exact) mass is 250 g/mol. The Labute approximate surface area is 105 Å². The van der Waals surface area contributed by atoms with E-state index in [-0.39, 0.29) is 0 Å². The van der Waals surface area contributed by atoms with E-state index in [4.69, 9.17) is 9.84 Å². The van der Waals surface area contributed by atoms with E-state index in [0.29, 0.717) is 17.9 Å². The van der Waals surface area contributed by atoms with Gasteiger partial charge in [0.2, 0.25) is 0 Å². The van der Waals surface area contributed by atoms with Crippen LogP contribution in [0.5, 0.6) is 5.75 Å². The van der Waals surface area contributed by atoms with Crippen LogP contribution in [0.25, 0.3) is 6.08 Å². The molecule has 0 unspecified atom stereocenters. The topological polar surface area (TPSA) is 46.5 Å². The third kappa shape index (κ3) is 4.41. The van der Waals surface area contributed by atoms with E-state index in [1.165, 1.54) is 24.3 Å². The van der Waals surface area contributed by atoms with Crippen LogP contribution in [0.3, 0.4) is 0 Å². The Morgan fingerprint density at radius 1 is 1.56 bits per heavy atom. The van der Waals surface area contributed by atoms with Gasteiger partial charge < -0.3 is 9.84 Å². The van der Waals surface area contributed by atoms with E-state index in [0.717, 1.165) is 18.1 Å². The van der Waals surface area contributed by atoms with Crippen LogP contribution in [0.1, 0.15) is 18.9 Å². The predicted molar refractivity (Wildman–Crippen MR) is 68.0 cm³/mol. The van der Waals surface area contributed by atoms with Crippen LogP contribution in [0.4, 0.5) is 4.39 Å². The van der Waals surface area contributed by atoms with Crippen molar-refractivity contribution in [2.45, 2.75) is 13.3 Å². The van der Waals surface area contributed by atoms with E-state index < -0.39 is 11.8 Å². The molecule has 3 nitrogen and oxygen atoms in total. The molecule has 0 fully saturated rings. The second kappa shape index (κ2) is 6.59. The number of carbonyl (C=O) groups is 1. The minimum Gasteiger partial charge on any atom is -0.489 e. The SMILES string of the molecule is C=C(CC)COc1ccc(F)cc1/C=C/C(=O)O. The zero-order valence-electron chi connectivity index (χ0n) is 10.1. The van der Waals surface area contributed by atoms with E-state index in [1.54, 1.807) is 0 Å². The second-order valence-corrected chi connectivity index (χ2v) is 3.75. The summed E-state index contributed by atoms with van der Waals surface area (Å²) >= 11 is 0. The Morgan fingerprint density at radius 3 is 2.89 bits per heavy atom. The molecule has 1 aromatic carbocycles. The predicted octanol–water partition coefficient (Wildman–Crippen LogP) is 3.27. The molecule has 1 rings (SSSR count). The van der Waals surface area contributed by atoms with E-state index >= 15 is 0 Å². The summed E-state index contributed by atoms with van der Waals surface area (Å²) in [6, 6.07) is 3.96. The molecular formula is C14H15FO3. The fourth-order valence-corrected chi connectivity index (χ4v) is 1.22. The third-order valence-electron chi connectivity index (χ3n) is 2.31. The van der Waals surface area contributed by atoms with Crippen molar-refractivity contribution in [1.29, 1.82) is 0 Å². The Kier molecular flexibility index (Phi) is 5.11. The molecule has 1 aromatic rings. The number of carboxylic acid groups (broad SMARTS) is 1. The van der Waals surface area contributed by atoms with Crippen molar-refractivity contribution in [3.63, 3.8) is 0 Å². The van der Waals surface area contributed by atoms with Crippen molar-refractivity contribution in [3.05, 3.63) is 47.8 Å². The molecule has 96 valence electrons. The highest BCUT2D eigenvalue weighted by molar-refractivity contribution is 5.85. The molecule has 18 heavy (non-hydrogen) atoms. The van der Waals surface area contributed by atoms with Crippen LogP contribution in [0.2, 0.25) is 0 Å². The lowest BCUT2D eigenvalue weighted by Gasteiger charge is -2.10. The highest BCUT2D eigenvalue weighted by Crippen LogP contribution is 2.22. The molecule has 4 heteroatoms. The Morgan fingerprint density at radius 2 is 2.28 bits per heavy atom. The maximum absolute atomic E-state index is 13.1. The number of benzene rings is 1. The Hall–Kier alpha value is -2.10. The summed E-state index contributed by atoms with van der Waals surface area (Å²) in [6.07, 6.45) is 3.03. The van der Waals surface area contributed by atoms with Gasteiger partial charge in [-0.05, 0) is 36.3 Å². The average molecular weight is 250 g/mol. The first kappa shape index (κ1) is 14.0. The minimum atomic E-state index is -1.09. The number of halogens is 1. The largest absolute Gasteiger partial charge is 0.489 e. The number of rotatable bonds is 6. The Balaban J connectivity index is 2.89. The molecule has 0 atom stereocenters. The molecule has 0 heterocycles. The lowest BCUT2D eigenvalue weighted by molar-refractivity contribution is -0.131. The molecule has 0 amide bonds. The fourth-order valence-electron chi connectivity index (χ4n) is 1.22. The first-order valence-electron chi connectivity index (χ1n) is 5.53. The minimum absolute atomic E-state index is 0.329. The van der Waals surface area contributed by atoms with Crippen LogP contribution < -0.4 is 4.74 Å². The van der Waals surface area contributed by atoms with Gasteiger partial charge in [-0.3, -0.25) is 0 Å². The molecule has 1 N–H and O–H groups in total. The van der Waals surface area contributed by atoms with Crippen molar-refractivity contribution in [3.8, 4) is 5.75 Å². The van der Waals surface area contributed by atoms with Crippen LogP contribution in [0, 0.1) is 5.82 Å². The molecule has 0 saturated heterocycles. The van der Waals surface area contributed by atoms with Crippen molar-refractivity contribution in [2.24, 2.45) is 0 Å². The highest BCUT2D eigenvalue weighted by atomic mass is 19.1. The van der Waals surface area contributed by atoms with Crippen LogP contribution >= 0.6 is 0 Å². The van der Waals surface area contributed by atoms with E-state index in [1.807, 2.05) is 6.92 Å². The Bertz CT molecular complexity index is 478. The molecule has 0 aliphatic carbocycles. The van der Waals surface area contributed by atoms with Crippen molar-refractivity contribution in [2.75, 3.05) is 6.61 Å². The van der Waals surface area contributed by atoms with Gasteiger partial charge >= 0.3 is 5.97 Å². The van der Waals surface area contributed by atoms with Crippen molar-refractivity contribution < 1.29 is 19.0 Å². The quantitative estimate of drug-likeness (QED) is 0.622. The molecule has 0 radical (unpaired) electrons. The zero-order chi connectivity index (χ0) is 13.5. The molecular weight excluding hydrogens is 235 g/mol. The zero-order valence-corrected chi connectivity index (χ0v) is 10.1. The lowest BCUT2D eigenvalue weighted by atomic mass is 10.1. The lowest BCUT2D eigenvalue weighted by Crippen LogP contribution is -2.01. The van der Waals surface area contributed by atoms with Gasteiger partial charge in [0, 0.05) is 11.6 Å². The summed E-state index contributed by atoms with van der Waals surface area (Å²) in [6.45, 7) is 6.09. The van der Waals surface area contributed by atoms with E-state index in [9.17, 15) is 9.18 Å². The summed E-state index contributed by atoms with van der Waals surface area (Å²) in [5.74, 6) is -1.10. The molecule has 0 bridgehead atoms. The van der Waals surface area contributed by atoms with Gasteiger partial charge in [0.05, 0.1) is 0 Å². The normalized spacial score (nSPS) is 10.6. The van der Waals surface area contributed by atoms with Gasteiger partial charge in [-0.25, -0.2) is 9.18 Å². The summed E-state index contributed by atoms with van der Waals surface area (Å²) in [5.41, 5.74) is 1.30. The number of ether oxygens (including phenoxy) is 1. The summed E-state index contributed by atoms with van der Waals surface area (Å²) in [7, 11) is 0. The number of aliphatic carboxylic acids is 1. The van der Waals surface area contributed by atoms with Gasteiger partial charge in [0.25, 0.3) is 0 Å². The summed E-state index contributed by atoms with van der Waals surface area (Å²) < 4.78 is 18.5. The maximum Gasteiger partial charge on any atom is 0.328 e. The van der Waals surface area contributed by atoms with Gasteiger partial charge in [-0.2, -0.15) is 0 Å². The summed E-state index contributed by atoms with van der Waals surface area (Å²) in [4.78, 5) is 10.4. The van der Waals surface area contributed by atoms with E-state index in [2.05, 4.69) is 6.58 Å². The molecule has 0 saturated carbocycles. The molecule has 0 aliphatic rings. The van der Waals surface area contributed by atoms with Crippen molar-refractivity contribution >= 4 is 12.0 Å². The standard InChI is InChI=1S/C14H15FO3/c1-3-10(2)9-18-13-6-5-12(15)8-11(13)4-7-14(16)17/h4-8H,2-3,9H2,1H3,(H,16,17)/b7-4+. The van der Waals surface area contributed by atoms with Crippen LogP contribution in [0.15, 0.2) is 36.4 Å². The van der Waals surface area contributed by atoms with Gasteiger partial charge in [0.15, 0.2) is 0 Å². The molecule has 0 aromatic heterocycles. The number of hydrogen-bond donors (Lipinski definition) is 1. The fraction of sp³-hybridized carbons (Fsp3) is 0.214. The maximum atomic E-state index is 13.1. The highest BCUT2D eigenvalue weighted by Gasteiger charge is 2.04. The van der Waals surface area contributed by atoms with Gasteiger partial charge in [-0.1, -0.05) is 13.5 Å². The molecule has 0 spiro atoms. The first-order valence-corrected chi connectivity index (χ1v) is 5.53. The van der Waals surface area contributed by atoms with Crippen molar-refractivity contribution in [1.82, 2.24) is 0 Å². The average Bonchev–Trinajstić information content (AvgIpc) is 2.34. The van der Waals surface area contributed by atoms with Crippen LogP contribution in [-0.4, -0.2) is 17.7 Å². The number of hydrogen-bond acceptors (Lipinski definition) is 2.